The number of hydrogen-bond acceptors (Lipinski definition) is 10. The van der Waals surface area contributed by atoms with Crippen molar-refractivity contribution in [2.45, 2.75) is 13.0 Å². The summed E-state index contributed by atoms with van der Waals surface area (Å²) in [6.07, 6.45) is 0. The van der Waals surface area contributed by atoms with Crippen LogP contribution in [-0.2, 0) is 0 Å². The van der Waals surface area contributed by atoms with E-state index in [0.717, 1.165) is 33.9 Å². The van der Waals surface area contributed by atoms with Gasteiger partial charge >= 0.3 is 0 Å². The molecule has 0 saturated heterocycles. The van der Waals surface area contributed by atoms with Gasteiger partial charge in [-0.25, -0.2) is 14.7 Å². The molecule has 0 unspecified atom stereocenters. The predicted octanol–water partition coefficient (Wildman–Crippen LogP) is 7.02. The highest BCUT2D eigenvalue weighted by Gasteiger charge is 2.42. The molecular formula is C36H34N6O5. The van der Waals surface area contributed by atoms with Crippen LogP contribution in [0.2, 0.25) is 0 Å². The van der Waals surface area contributed by atoms with Crippen LogP contribution in [0.15, 0.2) is 94.9 Å². The van der Waals surface area contributed by atoms with Crippen LogP contribution in [0.5, 0.6) is 28.7 Å². The van der Waals surface area contributed by atoms with Gasteiger partial charge in [0.15, 0.2) is 29.0 Å². The lowest BCUT2D eigenvalue weighted by Crippen LogP contribution is -2.46. The van der Waals surface area contributed by atoms with Crippen molar-refractivity contribution in [3.8, 4) is 34.4 Å². The van der Waals surface area contributed by atoms with Gasteiger partial charge in [0.1, 0.15) is 11.5 Å². The Kier molecular flexibility index (Phi) is 7.64. The zero-order valence-electron chi connectivity index (χ0n) is 26.9. The Morgan fingerprint density at radius 3 is 2.09 bits per heavy atom. The van der Waals surface area contributed by atoms with Gasteiger partial charge in [0.25, 0.3) is 0 Å². The van der Waals surface area contributed by atoms with Gasteiger partial charge in [-0.1, -0.05) is 30.3 Å². The molecule has 0 spiro atoms. The molecule has 0 radical (unpaired) electrons. The van der Waals surface area contributed by atoms with Gasteiger partial charge in [-0.2, -0.15) is 5.10 Å². The third-order valence-electron chi connectivity index (χ3n) is 8.30. The first-order chi connectivity index (χ1) is 23.0. The van der Waals surface area contributed by atoms with E-state index in [1.165, 1.54) is 0 Å². The monoisotopic (exact) mass is 630 g/mol. The van der Waals surface area contributed by atoms with Gasteiger partial charge in [0.2, 0.25) is 5.75 Å². The molecule has 1 atom stereocenters. The molecule has 0 fully saturated rings. The van der Waals surface area contributed by atoms with Gasteiger partial charge < -0.3 is 33.9 Å². The van der Waals surface area contributed by atoms with E-state index in [0.29, 0.717) is 51.9 Å². The number of hydrogen-bond donors (Lipinski definition) is 1. The minimum atomic E-state index is -0.408. The first kappa shape index (κ1) is 29.7. The quantitative estimate of drug-likeness (QED) is 0.195. The number of benzene rings is 4. The minimum absolute atomic E-state index is 0.408. The summed E-state index contributed by atoms with van der Waals surface area (Å²) >= 11 is 0. The summed E-state index contributed by atoms with van der Waals surface area (Å²) in [5.41, 5.74) is 5.91. The Balaban J connectivity index is 1.51. The molecule has 1 N–H and O–H groups in total. The van der Waals surface area contributed by atoms with E-state index in [9.17, 15) is 0 Å². The second kappa shape index (κ2) is 12.1. The van der Waals surface area contributed by atoms with Gasteiger partial charge in [-0.05, 0) is 61.0 Å². The van der Waals surface area contributed by atoms with Crippen LogP contribution in [0, 0.1) is 6.92 Å². The molecule has 2 aliphatic heterocycles. The average molecular weight is 631 g/mol. The fraction of sp³-hybridized carbons (Fsp3) is 0.194. The van der Waals surface area contributed by atoms with Crippen LogP contribution in [0.4, 0.5) is 22.9 Å². The molecule has 0 bridgehead atoms. The highest BCUT2D eigenvalue weighted by atomic mass is 16.5. The number of fused-ring (bicyclic) bond motifs is 4. The number of methoxy groups -OCH3 is 5. The zero-order chi connectivity index (χ0) is 32.7. The Labute approximate surface area is 272 Å². The Hall–Kier alpha value is -5.97. The molecule has 2 aliphatic rings. The molecule has 0 aliphatic carbocycles. The van der Waals surface area contributed by atoms with Crippen LogP contribution in [0.25, 0.3) is 5.69 Å². The maximum absolute atomic E-state index is 5.82. The van der Waals surface area contributed by atoms with E-state index in [2.05, 4.69) is 10.2 Å². The standard InChI is InChI=1S/C36H34N6O5/c1-21-31-32(22-18-29(45-4)33(47-6)30(19-22)46-5)41-27-15-11-10-14-25(27)37-34(38-26-17-16-24(43-2)20-28(26)44-3)36(41)39-35(31)42(40-21)23-12-8-7-9-13-23/h7-20,32H,1-6H3,(H,37,38)/t32-/m1/s1. The number of nitrogens with zero attached hydrogens (tertiary/aromatic N) is 5. The zero-order valence-corrected chi connectivity index (χ0v) is 26.9. The van der Waals surface area contributed by atoms with Crippen molar-refractivity contribution in [2.24, 2.45) is 9.98 Å². The van der Waals surface area contributed by atoms with Crippen molar-refractivity contribution in [1.29, 1.82) is 0 Å². The molecule has 1 aromatic heterocycles. The normalized spacial score (nSPS) is 14.6. The third-order valence-corrected chi connectivity index (χ3v) is 8.30. The molecular weight excluding hydrogens is 596 g/mol. The summed E-state index contributed by atoms with van der Waals surface area (Å²) in [5, 5.41) is 8.55. The number of ether oxygens (including phenoxy) is 5. The molecule has 7 rings (SSSR count). The second-order valence-corrected chi connectivity index (χ2v) is 10.9. The molecule has 238 valence electrons. The first-order valence-electron chi connectivity index (χ1n) is 15.0. The fourth-order valence-electron chi connectivity index (χ4n) is 6.15. The van der Waals surface area contributed by atoms with Gasteiger partial charge in [-0.15, -0.1) is 0 Å². The Bertz CT molecular complexity index is 2010. The Morgan fingerprint density at radius 2 is 1.40 bits per heavy atom. The van der Waals surface area contributed by atoms with Crippen molar-refractivity contribution in [3.63, 3.8) is 0 Å². The second-order valence-electron chi connectivity index (χ2n) is 10.9. The highest BCUT2D eigenvalue weighted by molar-refractivity contribution is 6.51. The van der Waals surface area contributed by atoms with E-state index in [-0.39, 0.29) is 0 Å². The van der Waals surface area contributed by atoms with Crippen molar-refractivity contribution < 1.29 is 23.7 Å². The van der Waals surface area contributed by atoms with Crippen LogP contribution < -0.4 is 33.9 Å². The molecule has 3 heterocycles. The first-order valence-corrected chi connectivity index (χ1v) is 15.0. The van der Waals surface area contributed by atoms with E-state index in [4.69, 9.17) is 38.8 Å². The van der Waals surface area contributed by atoms with Gasteiger partial charge in [0.05, 0.1) is 70.0 Å². The summed E-state index contributed by atoms with van der Waals surface area (Å²) in [5.74, 6) is 4.69. The molecule has 0 amide bonds. The lowest BCUT2D eigenvalue weighted by atomic mass is 9.92. The third kappa shape index (κ3) is 4.96. The minimum Gasteiger partial charge on any atom is -0.497 e. The maximum atomic E-state index is 5.82. The predicted molar refractivity (Wildman–Crippen MR) is 183 cm³/mol. The number of anilines is 2. The van der Waals surface area contributed by atoms with Crippen molar-refractivity contribution in [2.75, 3.05) is 45.8 Å². The maximum Gasteiger partial charge on any atom is 0.203 e. The van der Waals surface area contributed by atoms with E-state index in [1.54, 1.807) is 35.5 Å². The summed E-state index contributed by atoms with van der Waals surface area (Å²) in [7, 11) is 8.08. The molecule has 0 saturated carbocycles. The van der Waals surface area contributed by atoms with Gasteiger partial charge in [-0.3, -0.25) is 0 Å². The van der Waals surface area contributed by atoms with E-state index < -0.39 is 6.04 Å². The van der Waals surface area contributed by atoms with Crippen LogP contribution in [0.1, 0.15) is 22.9 Å². The number of aromatic nitrogens is 2. The number of aliphatic imine (C=N–C) groups is 2. The van der Waals surface area contributed by atoms with E-state index in [1.807, 2.05) is 96.5 Å². The number of aryl methyl sites for hydroxylation is 1. The van der Waals surface area contributed by atoms with Crippen LogP contribution in [0.3, 0.4) is 0 Å². The number of rotatable bonds is 8. The van der Waals surface area contributed by atoms with Gasteiger partial charge in [0, 0.05) is 11.6 Å². The highest BCUT2D eigenvalue weighted by Crippen LogP contribution is 2.51. The smallest absolute Gasteiger partial charge is 0.203 e. The number of para-hydroxylation sites is 3. The van der Waals surface area contributed by atoms with E-state index >= 15 is 0 Å². The topological polar surface area (TPSA) is 104 Å². The summed E-state index contributed by atoms with van der Waals surface area (Å²) in [4.78, 5) is 12.6. The summed E-state index contributed by atoms with van der Waals surface area (Å²) < 4.78 is 30.4. The van der Waals surface area contributed by atoms with Crippen molar-refractivity contribution in [1.82, 2.24) is 9.78 Å². The van der Waals surface area contributed by atoms with Crippen molar-refractivity contribution >= 4 is 34.6 Å². The lowest BCUT2D eigenvalue weighted by Gasteiger charge is -2.40. The molecule has 5 aromatic rings. The molecule has 11 nitrogen and oxygen atoms in total. The SMILES string of the molecule is COc1ccc(NC2=Nc3ccccc3N3C2=Nc2c(c(C)nn2-c2ccccc2)[C@H]3c2cc(OC)c(OC)c(OC)c2)c(OC)c1. The van der Waals surface area contributed by atoms with Crippen LogP contribution >= 0.6 is 0 Å². The Morgan fingerprint density at radius 1 is 0.702 bits per heavy atom. The summed E-state index contributed by atoms with van der Waals surface area (Å²) in [6, 6.07) is 27.1. The molecule has 11 heteroatoms. The average Bonchev–Trinajstić information content (AvgIpc) is 3.46. The van der Waals surface area contributed by atoms with Crippen molar-refractivity contribution in [3.05, 3.63) is 102 Å². The lowest BCUT2D eigenvalue weighted by molar-refractivity contribution is 0.323. The summed E-state index contributed by atoms with van der Waals surface area (Å²) in [6.45, 7) is 2.01. The number of amidine groups is 2. The largest absolute Gasteiger partial charge is 0.497 e. The molecule has 47 heavy (non-hydrogen) atoms. The molecule has 4 aromatic carbocycles. The fourth-order valence-corrected chi connectivity index (χ4v) is 6.15. The van der Waals surface area contributed by atoms with Crippen LogP contribution in [-0.4, -0.2) is 57.0 Å². The number of nitrogens with one attached hydrogen (secondary N) is 1.